The summed E-state index contributed by atoms with van der Waals surface area (Å²) >= 11 is 11.8. The SMILES string of the molecule is CCC(CCNC(=O)c1cc(Cl)c(Cl)n1C)CCC(=O)O. The zero-order chi connectivity index (χ0) is 16.0. The van der Waals surface area contributed by atoms with Gasteiger partial charge in [-0.3, -0.25) is 9.59 Å². The first kappa shape index (κ1) is 17.9. The van der Waals surface area contributed by atoms with Gasteiger partial charge < -0.3 is 15.0 Å². The van der Waals surface area contributed by atoms with Gasteiger partial charge in [0, 0.05) is 20.0 Å². The lowest BCUT2D eigenvalue weighted by atomic mass is 9.96. The van der Waals surface area contributed by atoms with E-state index < -0.39 is 5.97 Å². The maximum atomic E-state index is 12.0. The van der Waals surface area contributed by atoms with E-state index in [4.69, 9.17) is 28.3 Å². The summed E-state index contributed by atoms with van der Waals surface area (Å²) in [6, 6.07) is 1.53. The van der Waals surface area contributed by atoms with Crippen molar-refractivity contribution in [3.8, 4) is 0 Å². The number of halogens is 2. The molecule has 0 aliphatic rings. The van der Waals surface area contributed by atoms with Crippen LogP contribution in [-0.2, 0) is 11.8 Å². The molecule has 1 atom stereocenters. The van der Waals surface area contributed by atoms with Crippen LogP contribution < -0.4 is 5.32 Å². The monoisotopic (exact) mass is 334 g/mol. The maximum absolute atomic E-state index is 12.0. The number of carbonyl (C=O) groups is 2. The summed E-state index contributed by atoms with van der Waals surface area (Å²) in [6.07, 6.45) is 2.44. The Bertz CT molecular complexity index is 515. The Morgan fingerprint density at radius 3 is 2.52 bits per heavy atom. The van der Waals surface area contributed by atoms with Gasteiger partial charge in [-0.1, -0.05) is 36.5 Å². The summed E-state index contributed by atoms with van der Waals surface area (Å²) in [4.78, 5) is 22.6. The van der Waals surface area contributed by atoms with E-state index >= 15 is 0 Å². The van der Waals surface area contributed by atoms with Crippen LogP contribution in [0.1, 0.15) is 43.1 Å². The van der Waals surface area contributed by atoms with Gasteiger partial charge in [0.25, 0.3) is 5.91 Å². The van der Waals surface area contributed by atoms with E-state index in [2.05, 4.69) is 5.32 Å². The average molecular weight is 335 g/mol. The lowest BCUT2D eigenvalue weighted by Crippen LogP contribution is -2.27. The quantitative estimate of drug-likeness (QED) is 0.765. The summed E-state index contributed by atoms with van der Waals surface area (Å²) in [5.74, 6) is -0.730. The van der Waals surface area contributed by atoms with Crippen LogP contribution in [0.5, 0.6) is 0 Å². The van der Waals surface area contributed by atoms with Gasteiger partial charge in [0.15, 0.2) is 0 Å². The number of carboxylic acid groups (broad SMARTS) is 1. The van der Waals surface area contributed by atoms with Crippen LogP contribution in [0.2, 0.25) is 10.2 Å². The standard InChI is InChI=1S/C14H20Cl2N2O3/c1-3-9(4-5-12(19)20)6-7-17-14(21)11-8-10(15)13(16)18(11)2/h8-9H,3-7H2,1-2H3,(H,17,21)(H,19,20). The summed E-state index contributed by atoms with van der Waals surface area (Å²) in [6.45, 7) is 2.52. The van der Waals surface area contributed by atoms with E-state index in [1.165, 1.54) is 10.6 Å². The number of nitrogens with zero attached hydrogens (tertiary/aromatic N) is 1. The lowest BCUT2D eigenvalue weighted by molar-refractivity contribution is -0.137. The third kappa shape index (κ3) is 5.25. The normalized spacial score (nSPS) is 12.2. The van der Waals surface area contributed by atoms with Gasteiger partial charge in [0.05, 0.1) is 5.02 Å². The minimum absolute atomic E-state index is 0.162. The second kappa shape index (κ2) is 8.29. The van der Waals surface area contributed by atoms with Gasteiger partial charge in [0.1, 0.15) is 10.8 Å². The molecule has 1 rings (SSSR count). The van der Waals surface area contributed by atoms with E-state index in [1.807, 2.05) is 6.92 Å². The molecule has 1 heterocycles. The van der Waals surface area contributed by atoms with Crippen molar-refractivity contribution >= 4 is 35.1 Å². The van der Waals surface area contributed by atoms with Crippen LogP contribution in [0.15, 0.2) is 6.07 Å². The second-order valence-electron chi connectivity index (χ2n) is 4.98. The number of aliphatic carboxylic acids is 1. The van der Waals surface area contributed by atoms with Gasteiger partial charge in [-0.15, -0.1) is 0 Å². The Morgan fingerprint density at radius 2 is 2.05 bits per heavy atom. The molecule has 7 heteroatoms. The molecule has 5 nitrogen and oxygen atoms in total. The highest BCUT2D eigenvalue weighted by Gasteiger charge is 2.16. The first-order valence-corrected chi connectivity index (χ1v) is 7.63. The summed E-state index contributed by atoms with van der Waals surface area (Å²) in [7, 11) is 1.67. The first-order valence-electron chi connectivity index (χ1n) is 6.87. The van der Waals surface area contributed by atoms with Crippen molar-refractivity contribution < 1.29 is 14.7 Å². The van der Waals surface area contributed by atoms with Crippen molar-refractivity contribution in [2.75, 3.05) is 6.54 Å². The van der Waals surface area contributed by atoms with Crippen molar-refractivity contribution in [3.63, 3.8) is 0 Å². The fourth-order valence-corrected chi connectivity index (χ4v) is 2.50. The number of carbonyl (C=O) groups excluding carboxylic acids is 1. The Kier molecular flexibility index (Phi) is 7.05. The molecular formula is C14H20Cl2N2O3. The van der Waals surface area contributed by atoms with Crippen LogP contribution in [0.3, 0.4) is 0 Å². The van der Waals surface area contributed by atoms with Gasteiger partial charge in [-0.25, -0.2) is 0 Å². The molecule has 0 saturated heterocycles. The summed E-state index contributed by atoms with van der Waals surface area (Å²) in [5.41, 5.74) is 0.406. The number of hydrogen-bond acceptors (Lipinski definition) is 2. The topological polar surface area (TPSA) is 71.3 Å². The van der Waals surface area contributed by atoms with E-state index in [-0.39, 0.29) is 12.3 Å². The highest BCUT2D eigenvalue weighted by Crippen LogP contribution is 2.25. The van der Waals surface area contributed by atoms with Crippen molar-refractivity contribution in [2.24, 2.45) is 13.0 Å². The molecule has 1 aromatic rings. The van der Waals surface area contributed by atoms with E-state index in [0.717, 1.165) is 12.8 Å². The molecule has 1 amide bonds. The molecule has 2 N–H and O–H groups in total. The van der Waals surface area contributed by atoms with Gasteiger partial charge >= 0.3 is 5.97 Å². The molecule has 0 spiro atoms. The smallest absolute Gasteiger partial charge is 0.303 e. The number of amides is 1. The Balaban J connectivity index is 2.45. The fourth-order valence-electron chi connectivity index (χ4n) is 2.12. The molecule has 1 aromatic heterocycles. The predicted octanol–water partition coefficient (Wildman–Crippen LogP) is 3.34. The third-order valence-electron chi connectivity index (χ3n) is 3.53. The van der Waals surface area contributed by atoms with Crippen LogP contribution in [0.25, 0.3) is 0 Å². The molecule has 0 aliphatic heterocycles. The molecule has 0 aliphatic carbocycles. The molecule has 21 heavy (non-hydrogen) atoms. The Morgan fingerprint density at radius 1 is 1.38 bits per heavy atom. The fraction of sp³-hybridized carbons (Fsp3) is 0.571. The van der Waals surface area contributed by atoms with Crippen LogP contribution >= 0.6 is 23.2 Å². The third-order valence-corrected chi connectivity index (χ3v) is 4.37. The second-order valence-corrected chi connectivity index (χ2v) is 5.74. The highest BCUT2D eigenvalue weighted by molar-refractivity contribution is 6.41. The average Bonchev–Trinajstić information content (AvgIpc) is 2.70. The van der Waals surface area contributed by atoms with E-state index in [0.29, 0.717) is 34.8 Å². The number of hydrogen-bond donors (Lipinski definition) is 2. The predicted molar refractivity (Wildman–Crippen MR) is 83.0 cm³/mol. The molecule has 0 saturated carbocycles. The molecule has 1 unspecified atom stereocenters. The summed E-state index contributed by atoms with van der Waals surface area (Å²) in [5, 5.41) is 12.2. The highest BCUT2D eigenvalue weighted by atomic mass is 35.5. The van der Waals surface area contributed by atoms with Crippen molar-refractivity contribution in [3.05, 3.63) is 21.9 Å². The van der Waals surface area contributed by atoms with Crippen molar-refractivity contribution in [1.82, 2.24) is 9.88 Å². The number of nitrogens with one attached hydrogen (secondary N) is 1. The molecule has 0 bridgehead atoms. The Labute approximate surface area is 134 Å². The first-order chi connectivity index (χ1) is 9.86. The Hall–Kier alpha value is -1.20. The van der Waals surface area contributed by atoms with E-state index in [1.54, 1.807) is 7.05 Å². The van der Waals surface area contributed by atoms with Crippen molar-refractivity contribution in [2.45, 2.75) is 32.6 Å². The minimum Gasteiger partial charge on any atom is -0.481 e. The maximum Gasteiger partial charge on any atom is 0.303 e. The van der Waals surface area contributed by atoms with Crippen LogP contribution in [0.4, 0.5) is 0 Å². The van der Waals surface area contributed by atoms with Gasteiger partial charge in [0.2, 0.25) is 0 Å². The minimum atomic E-state index is -0.787. The largest absolute Gasteiger partial charge is 0.481 e. The molecule has 0 fully saturated rings. The molecular weight excluding hydrogens is 315 g/mol. The number of aromatic nitrogens is 1. The van der Waals surface area contributed by atoms with Crippen LogP contribution in [-0.4, -0.2) is 28.1 Å². The van der Waals surface area contributed by atoms with E-state index in [9.17, 15) is 9.59 Å². The van der Waals surface area contributed by atoms with Crippen molar-refractivity contribution in [1.29, 1.82) is 0 Å². The van der Waals surface area contributed by atoms with Gasteiger partial charge in [-0.05, 0) is 24.8 Å². The zero-order valence-electron chi connectivity index (χ0n) is 12.2. The lowest BCUT2D eigenvalue weighted by Gasteiger charge is -2.14. The number of carboxylic acids is 1. The summed E-state index contributed by atoms with van der Waals surface area (Å²) < 4.78 is 1.53. The molecule has 118 valence electrons. The molecule has 0 radical (unpaired) electrons. The molecule has 0 aromatic carbocycles. The van der Waals surface area contributed by atoms with Crippen LogP contribution in [0, 0.1) is 5.92 Å². The zero-order valence-corrected chi connectivity index (χ0v) is 13.7. The van der Waals surface area contributed by atoms with Gasteiger partial charge in [-0.2, -0.15) is 0 Å². The number of rotatable bonds is 8.